The molecule has 0 radical (unpaired) electrons. The van der Waals surface area contributed by atoms with E-state index in [0.29, 0.717) is 0 Å². The van der Waals surface area contributed by atoms with Gasteiger partial charge in [-0.15, -0.1) is 0 Å². The molecule has 0 spiro atoms. The Kier molecular flexibility index (Phi) is 3.44. The van der Waals surface area contributed by atoms with E-state index in [1.807, 2.05) is 0 Å². The Morgan fingerprint density at radius 3 is 2.00 bits per heavy atom. The summed E-state index contributed by atoms with van der Waals surface area (Å²) in [5.74, 6) is 3.26. The normalized spacial score (nSPS) is 10.5. The Bertz CT molecular complexity index is 330. The fourth-order valence-corrected chi connectivity index (χ4v) is 2.38. The summed E-state index contributed by atoms with van der Waals surface area (Å²) in [6.07, 6.45) is 0. The third-order valence-corrected chi connectivity index (χ3v) is 4.13. The van der Waals surface area contributed by atoms with Crippen LogP contribution in [0.3, 0.4) is 0 Å². The molecule has 0 unspecified atom stereocenters. The van der Waals surface area contributed by atoms with E-state index in [0.717, 1.165) is 5.56 Å². The van der Waals surface area contributed by atoms with E-state index in [-0.39, 0.29) is 0 Å². The van der Waals surface area contributed by atoms with Crippen LogP contribution in [0.15, 0.2) is 24.3 Å². The van der Waals surface area contributed by atoms with Crippen LogP contribution in [0.5, 0.6) is 0 Å². The predicted octanol–water partition coefficient (Wildman–Crippen LogP) is 3.22. The topological polar surface area (TPSA) is 0 Å². The van der Waals surface area contributed by atoms with E-state index in [2.05, 4.69) is 55.9 Å². The van der Waals surface area contributed by atoms with Gasteiger partial charge in [0.05, 0.1) is 0 Å². The fraction of sp³-hybridized carbons (Fsp3) is 0.333. The van der Waals surface area contributed by atoms with Crippen molar-refractivity contribution in [3.8, 4) is 9.86 Å². The molecule has 0 aliphatic carbocycles. The van der Waals surface area contributed by atoms with Crippen molar-refractivity contribution in [3.05, 3.63) is 35.4 Å². The first-order valence-electron chi connectivity index (χ1n) is 4.57. The second-order valence-corrected chi connectivity index (χ2v) is 17.9. The zero-order valence-electron chi connectivity index (χ0n) is 8.81. The second kappa shape index (κ2) is 4.19. The van der Waals surface area contributed by atoms with Crippen LogP contribution >= 0.6 is 0 Å². The van der Waals surface area contributed by atoms with Crippen LogP contribution in [0, 0.1) is 16.8 Å². The first kappa shape index (κ1) is 10.7. The van der Waals surface area contributed by atoms with Gasteiger partial charge in [0, 0.05) is 0 Å². The molecule has 13 heavy (non-hydrogen) atoms. The van der Waals surface area contributed by atoms with E-state index < -0.39 is 18.4 Å². The first-order valence-corrected chi connectivity index (χ1v) is 14.6. The SMILES string of the molecule is Cc1ccc(C#[C][Sn]([CH3])([CH3])[CH3])cc1. The number of benzene rings is 1. The van der Waals surface area contributed by atoms with Crippen molar-refractivity contribution >= 4 is 18.4 Å². The molecule has 0 nitrogen and oxygen atoms in total. The van der Waals surface area contributed by atoms with E-state index in [9.17, 15) is 0 Å². The fourth-order valence-electron chi connectivity index (χ4n) is 0.897. The first-order chi connectivity index (χ1) is 5.97. The molecular weight excluding hydrogens is 263 g/mol. The standard InChI is InChI=1S/C9H7.3CH3.Sn/c1-3-9-6-4-8(2)5-7-9;;;;/h4-7H,2H3;3*1H3;. The molecule has 0 heterocycles. The molecule has 0 saturated heterocycles. The van der Waals surface area contributed by atoms with Crippen LogP contribution in [0.4, 0.5) is 0 Å². The van der Waals surface area contributed by atoms with Crippen molar-refractivity contribution in [2.45, 2.75) is 21.7 Å². The molecule has 1 aromatic carbocycles. The Hall–Kier alpha value is -0.421. The molecule has 0 N–H and O–H groups in total. The van der Waals surface area contributed by atoms with Crippen LogP contribution in [0.25, 0.3) is 0 Å². The third kappa shape index (κ3) is 4.38. The van der Waals surface area contributed by atoms with Gasteiger partial charge in [0.2, 0.25) is 0 Å². The van der Waals surface area contributed by atoms with Crippen LogP contribution < -0.4 is 0 Å². The molecule has 1 rings (SSSR count). The van der Waals surface area contributed by atoms with Gasteiger partial charge in [0.25, 0.3) is 0 Å². The van der Waals surface area contributed by atoms with Crippen molar-refractivity contribution in [1.29, 1.82) is 0 Å². The molecule has 0 atom stereocenters. The summed E-state index contributed by atoms with van der Waals surface area (Å²) in [5.41, 5.74) is 2.45. The number of aryl methyl sites for hydroxylation is 1. The monoisotopic (exact) mass is 280 g/mol. The molecule has 0 bridgehead atoms. The zero-order chi connectivity index (χ0) is 9.90. The van der Waals surface area contributed by atoms with E-state index in [1.165, 1.54) is 5.56 Å². The Morgan fingerprint density at radius 1 is 1.00 bits per heavy atom. The van der Waals surface area contributed by atoms with Crippen molar-refractivity contribution in [3.63, 3.8) is 0 Å². The number of hydrogen-bond donors (Lipinski definition) is 0. The predicted molar refractivity (Wildman–Crippen MR) is 61.4 cm³/mol. The summed E-state index contributed by atoms with van der Waals surface area (Å²) in [6.45, 7) is 2.10. The van der Waals surface area contributed by atoms with Crippen LogP contribution in [0.2, 0.25) is 14.8 Å². The van der Waals surface area contributed by atoms with E-state index >= 15 is 0 Å². The van der Waals surface area contributed by atoms with E-state index in [4.69, 9.17) is 0 Å². The van der Waals surface area contributed by atoms with Gasteiger partial charge < -0.3 is 0 Å². The minimum atomic E-state index is -1.88. The van der Waals surface area contributed by atoms with Gasteiger partial charge in [0.15, 0.2) is 0 Å². The number of rotatable bonds is 0. The molecular formula is C12H16Sn. The molecule has 0 aromatic heterocycles. The second-order valence-electron chi connectivity index (χ2n) is 4.37. The van der Waals surface area contributed by atoms with Crippen LogP contribution in [-0.2, 0) is 0 Å². The van der Waals surface area contributed by atoms with Crippen LogP contribution in [-0.4, -0.2) is 18.4 Å². The van der Waals surface area contributed by atoms with Gasteiger partial charge in [-0.2, -0.15) is 0 Å². The number of hydrogen-bond acceptors (Lipinski definition) is 0. The summed E-state index contributed by atoms with van der Waals surface area (Å²) >= 11 is -1.88. The van der Waals surface area contributed by atoms with Crippen LogP contribution in [0.1, 0.15) is 11.1 Å². The maximum atomic E-state index is 3.42. The van der Waals surface area contributed by atoms with Crippen molar-refractivity contribution in [1.82, 2.24) is 0 Å². The average Bonchev–Trinajstić information content (AvgIpc) is 2.02. The molecule has 0 saturated carbocycles. The molecule has 0 fully saturated rings. The zero-order valence-corrected chi connectivity index (χ0v) is 11.7. The van der Waals surface area contributed by atoms with Crippen molar-refractivity contribution in [2.75, 3.05) is 0 Å². The van der Waals surface area contributed by atoms with Crippen molar-refractivity contribution < 1.29 is 0 Å². The summed E-state index contributed by atoms with van der Waals surface area (Å²) in [6, 6.07) is 8.42. The molecule has 0 aliphatic rings. The Morgan fingerprint density at radius 2 is 1.54 bits per heavy atom. The quantitative estimate of drug-likeness (QED) is 0.505. The summed E-state index contributed by atoms with van der Waals surface area (Å²) in [5, 5.41) is 0. The third-order valence-electron chi connectivity index (χ3n) is 1.63. The van der Waals surface area contributed by atoms with Gasteiger partial charge in [-0.05, 0) is 0 Å². The van der Waals surface area contributed by atoms with Gasteiger partial charge in [-0.3, -0.25) is 0 Å². The van der Waals surface area contributed by atoms with Gasteiger partial charge in [-0.25, -0.2) is 0 Å². The van der Waals surface area contributed by atoms with E-state index in [1.54, 1.807) is 0 Å². The molecule has 68 valence electrons. The maximum absolute atomic E-state index is 3.42. The Balaban J connectivity index is 2.85. The van der Waals surface area contributed by atoms with Gasteiger partial charge >= 0.3 is 85.4 Å². The molecule has 0 amide bonds. The molecule has 1 heteroatoms. The molecule has 0 aliphatic heterocycles. The van der Waals surface area contributed by atoms with Crippen molar-refractivity contribution in [2.24, 2.45) is 0 Å². The van der Waals surface area contributed by atoms with Gasteiger partial charge in [0.1, 0.15) is 0 Å². The molecule has 1 aromatic rings. The minimum absolute atomic E-state index is 1.15. The average molecular weight is 279 g/mol. The summed E-state index contributed by atoms with van der Waals surface area (Å²) < 4.78 is 3.42. The summed E-state index contributed by atoms with van der Waals surface area (Å²) in [4.78, 5) is 6.99. The Labute approximate surface area is 85.2 Å². The van der Waals surface area contributed by atoms with Gasteiger partial charge in [-0.1, -0.05) is 0 Å². The summed E-state index contributed by atoms with van der Waals surface area (Å²) in [7, 11) is 0.